The van der Waals surface area contributed by atoms with Gasteiger partial charge < -0.3 is 10.3 Å². The predicted octanol–water partition coefficient (Wildman–Crippen LogP) is 3.03. The summed E-state index contributed by atoms with van der Waals surface area (Å²) < 4.78 is 2.14. The van der Waals surface area contributed by atoms with Gasteiger partial charge in [0.15, 0.2) is 5.82 Å². The monoisotopic (exact) mass is 244 g/mol. The fraction of sp³-hybridized carbons (Fsp3) is 0.429. The molecule has 0 saturated carbocycles. The molecule has 0 unspecified atom stereocenters. The van der Waals surface area contributed by atoms with Crippen LogP contribution in [0.4, 0.5) is 5.69 Å². The minimum atomic E-state index is 0.330. The molecular weight excluding hydrogens is 224 g/mol. The van der Waals surface area contributed by atoms with Gasteiger partial charge in [-0.15, -0.1) is 10.2 Å². The number of hydrogen-bond acceptors (Lipinski definition) is 3. The number of aromatic nitrogens is 3. The Bertz CT molecular complexity index is 582. The zero-order valence-corrected chi connectivity index (χ0v) is 11.7. The number of nitrogens with two attached hydrogens (primary N) is 1. The predicted molar refractivity (Wildman–Crippen MR) is 74.5 cm³/mol. The van der Waals surface area contributed by atoms with Crippen LogP contribution in [-0.4, -0.2) is 14.8 Å². The molecule has 1 aromatic heterocycles. The van der Waals surface area contributed by atoms with Gasteiger partial charge in [0.25, 0.3) is 0 Å². The number of aryl methyl sites for hydroxylation is 2. The summed E-state index contributed by atoms with van der Waals surface area (Å²) in [6.07, 6.45) is 0. The number of nitrogen functional groups attached to an aromatic ring is 1. The van der Waals surface area contributed by atoms with Crippen LogP contribution < -0.4 is 5.73 Å². The molecule has 0 radical (unpaired) electrons. The Morgan fingerprint density at radius 2 is 1.78 bits per heavy atom. The number of anilines is 1. The topological polar surface area (TPSA) is 56.7 Å². The van der Waals surface area contributed by atoms with Crippen molar-refractivity contribution >= 4 is 5.69 Å². The molecule has 1 heterocycles. The fourth-order valence-electron chi connectivity index (χ4n) is 2.29. The van der Waals surface area contributed by atoms with Crippen molar-refractivity contribution < 1.29 is 0 Å². The van der Waals surface area contributed by atoms with E-state index in [0.29, 0.717) is 6.04 Å². The van der Waals surface area contributed by atoms with E-state index in [1.165, 1.54) is 11.1 Å². The van der Waals surface area contributed by atoms with Crippen molar-refractivity contribution in [1.29, 1.82) is 0 Å². The number of benzene rings is 1. The minimum absolute atomic E-state index is 0.330. The highest BCUT2D eigenvalue weighted by Gasteiger charge is 2.16. The third-order valence-corrected chi connectivity index (χ3v) is 3.31. The molecule has 4 nitrogen and oxygen atoms in total. The lowest BCUT2D eigenvalue weighted by Gasteiger charge is -2.15. The molecule has 0 aliphatic carbocycles. The zero-order valence-electron chi connectivity index (χ0n) is 11.7. The van der Waals surface area contributed by atoms with E-state index in [1.54, 1.807) is 0 Å². The van der Waals surface area contributed by atoms with Crippen molar-refractivity contribution in [3.05, 3.63) is 29.1 Å². The molecule has 2 rings (SSSR count). The Hall–Kier alpha value is -1.84. The lowest BCUT2D eigenvalue weighted by molar-refractivity contribution is 0.587. The maximum absolute atomic E-state index is 5.94. The van der Waals surface area contributed by atoms with E-state index in [2.05, 4.69) is 42.5 Å². The van der Waals surface area contributed by atoms with Crippen LogP contribution in [0.15, 0.2) is 12.1 Å². The average Bonchev–Trinajstić information content (AvgIpc) is 2.65. The first-order valence-corrected chi connectivity index (χ1v) is 6.20. The Morgan fingerprint density at radius 3 is 2.39 bits per heavy atom. The van der Waals surface area contributed by atoms with Gasteiger partial charge in [-0.2, -0.15) is 0 Å². The van der Waals surface area contributed by atoms with E-state index < -0.39 is 0 Å². The van der Waals surface area contributed by atoms with Crippen LogP contribution in [0.5, 0.6) is 0 Å². The summed E-state index contributed by atoms with van der Waals surface area (Å²) in [6, 6.07) is 4.29. The molecule has 18 heavy (non-hydrogen) atoms. The smallest absolute Gasteiger partial charge is 0.164 e. The van der Waals surface area contributed by atoms with Gasteiger partial charge >= 0.3 is 0 Å². The SMILES string of the molecule is Cc1cc(N)cc(-c2nnc(C)n2C(C)C)c1C. The van der Waals surface area contributed by atoms with Gasteiger partial charge in [-0.3, -0.25) is 0 Å². The van der Waals surface area contributed by atoms with Crippen LogP contribution in [0.2, 0.25) is 0 Å². The first-order valence-electron chi connectivity index (χ1n) is 6.20. The Kier molecular flexibility index (Phi) is 3.11. The first-order chi connectivity index (χ1) is 8.41. The third-order valence-electron chi connectivity index (χ3n) is 3.31. The third kappa shape index (κ3) is 1.98. The first kappa shape index (κ1) is 12.6. The van der Waals surface area contributed by atoms with Gasteiger partial charge in [0.2, 0.25) is 0 Å². The van der Waals surface area contributed by atoms with E-state index in [-0.39, 0.29) is 0 Å². The number of hydrogen-bond donors (Lipinski definition) is 1. The lowest BCUT2D eigenvalue weighted by atomic mass is 10.0. The zero-order chi connectivity index (χ0) is 13.4. The normalized spacial score (nSPS) is 11.2. The summed E-state index contributed by atoms with van der Waals surface area (Å²) in [7, 11) is 0. The second-order valence-electron chi connectivity index (χ2n) is 5.04. The molecule has 0 amide bonds. The molecule has 0 spiro atoms. The van der Waals surface area contributed by atoms with Crippen molar-refractivity contribution in [2.24, 2.45) is 0 Å². The summed E-state index contributed by atoms with van der Waals surface area (Å²) in [5.41, 5.74) is 10.2. The average molecular weight is 244 g/mol. The molecule has 0 bridgehead atoms. The molecule has 4 heteroatoms. The number of nitrogens with zero attached hydrogens (tertiary/aromatic N) is 3. The van der Waals surface area contributed by atoms with Crippen molar-refractivity contribution in [3.63, 3.8) is 0 Å². The van der Waals surface area contributed by atoms with Crippen LogP contribution in [0.25, 0.3) is 11.4 Å². The Morgan fingerprint density at radius 1 is 1.11 bits per heavy atom. The lowest BCUT2D eigenvalue weighted by Crippen LogP contribution is -2.06. The van der Waals surface area contributed by atoms with E-state index in [1.807, 2.05) is 19.1 Å². The highest BCUT2D eigenvalue weighted by Crippen LogP contribution is 2.29. The summed E-state index contributed by atoms with van der Waals surface area (Å²) in [5, 5.41) is 8.49. The molecule has 0 aliphatic heterocycles. The highest BCUT2D eigenvalue weighted by atomic mass is 15.3. The number of rotatable bonds is 2. The van der Waals surface area contributed by atoms with Crippen molar-refractivity contribution in [2.75, 3.05) is 5.73 Å². The second-order valence-corrected chi connectivity index (χ2v) is 5.04. The maximum Gasteiger partial charge on any atom is 0.164 e. The van der Waals surface area contributed by atoms with E-state index in [4.69, 9.17) is 5.73 Å². The van der Waals surface area contributed by atoms with Crippen LogP contribution in [0.3, 0.4) is 0 Å². The Balaban J connectivity index is 2.70. The molecule has 1 aromatic carbocycles. The largest absolute Gasteiger partial charge is 0.399 e. The van der Waals surface area contributed by atoms with Crippen LogP contribution in [-0.2, 0) is 0 Å². The summed E-state index contributed by atoms with van der Waals surface area (Å²) in [6.45, 7) is 10.4. The molecule has 96 valence electrons. The van der Waals surface area contributed by atoms with Gasteiger partial charge in [-0.25, -0.2) is 0 Å². The second kappa shape index (κ2) is 4.44. The minimum Gasteiger partial charge on any atom is -0.399 e. The molecule has 2 N–H and O–H groups in total. The van der Waals surface area contributed by atoms with Crippen molar-refractivity contribution in [3.8, 4) is 11.4 Å². The molecule has 2 aromatic rings. The quantitative estimate of drug-likeness (QED) is 0.826. The molecule has 0 atom stereocenters. The fourth-order valence-corrected chi connectivity index (χ4v) is 2.29. The Labute approximate surface area is 108 Å². The standard InChI is InChI=1S/C14H20N4/c1-8(2)18-11(5)16-17-14(18)13-7-12(15)6-9(3)10(13)4/h6-8H,15H2,1-5H3. The van der Waals surface area contributed by atoms with Gasteiger partial charge in [0.05, 0.1) is 0 Å². The summed E-state index contributed by atoms with van der Waals surface area (Å²) >= 11 is 0. The molecule has 0 aliphatic rings. The highest BCUT2D eigenvalue weighted by molar-refractivity contribution is 5.67. The maximum atomic E-state index is 5.94. The summed E-state index contributed by atoms with van der Waals surface area (Å²) in [4.78, 5) is 0. The van der Waals surface area contributed by atoms with Gasteiger partial charge in [-0.05, 0) is 57.9 Å². The van der Waals surface area contributed by atoms with E-state index in [0.717, 1.165) is 22.9 Å². The molecule has 0 fully saturated rings. The van der Waals surface area contributed by atoms with Gasteiger partial charge in [0.1, 0.15) is 5.82 Å². The van der Waals surface area contributed by atoms with Crippen molar-refractivity contribution in [1.82, 2.24) is 14.8 Å². The van der Waals surface area contributed by atoms with Crippen molar-refractivity contribution in [2.45, 2.75) is 40.7 Å². The molecule has 0 saturated heterocycles. The summed E-state index contributed by atoms with van der Waals surface area (Å²) in [5.74, 6) is 1.83. The van der Waals surface area contributed by atoms with Gasteiger partial charge in [0, 0.05) is 17.3 Å². The van der Waals surface area contributed by atoms with Crippen LogP contribution in [0, 0.1) is 20.8 Å². The molecular formula is C14H20N4. The van der Waals surface area contributed by atoms with E-state index >= 15 is 0 Å². The van der Waals surface area contributed by atoms with E-state index in [9.17, 15) is 0 Å². The van der Waals surface area contributed by atoms with Gasteiger partial charge in [-0.1, -0.05) is 0 Å². The van der Waals surface area contributed by atoms with Crippen LogP contribution >= 0.6 is 0 Å². The van der Waals surface area contributed by atoms with Crippen LogP contribution in [0.1, 0.15) is 36.8 Å².